The summed E-state index contributed by atoms with van der Waals surface area (Å²) in [5.74, 6) is 0.891. The minimum atomic E-state index is -0.673. The molecule has 0 heterocycles. The van der Waals surface area contributed by atoms with E-state index in [1.54, 1.807) is 0 Å². The van der Waals surface area contributed by atoms with Gasteiger partial charge >= 0.3 is 5.97 Å². The van der Waals surface area contributed by atoms with Crippen LogP contribution in [0.1, 0.15) is 38.5 Å². The number of nitrogens with zero attached hydrogens (tertiary/aromatic N) is 1. The number of carbonyl (C=O) groups is 1. The first-order valence-corrected chi connectivity index (χ1v) is 6.18. The first-order chi connectivity index (χ1) is 7.24. The molecule has 2 fully saturated rings. The van der Waals surface area contributed by atoms with Crippen molar-refractivity contribution in [2.75, 3.05) is 19.6 Å². The fourth-order valence-corrected chi connectivity index (χ4v) is 2.62. The molecule has 2 rings (SSSR count). The van der Waals surface area contributed by atoms with Crippen molar-refractivity contribution in [3.8, 4) is 0 Å². The molecule has 0 saturated heterocycles. The smallest absolute Gasteiger partial charge is 0.317 e. The maximum Gasteiger partial charge on any atom is 0.317 e. The summed E-state index contributed by atoms with van der Waals surface area (Å²) in [5.41, 5.74) is 0. The van der Waals surface area contributed by atoms with Crippen LogP contribution in [0.5, 0.6) is 0 Å². The third-order valence-corrected chi connectivity index (χ3v) is 3.56. The first kappa shape index (κ1) is 10.9. The lowest BCUT2D eigenvalue weighted by molar-refractivity contribution is -0.138. The van der Waals surface area contributed by atoms with Crippen LogP contribution in [0.15, 0.2) is 0 Å². The molecule has 3 heteroatoms. The van der Waals surface area contributed by atoms with E-state index in [-0.39, 0.29) is 6.54 Å². The summed E-state index contributed by atoms with van der Waals surface area (Å²) >= 11 is 0. The standard InChI is InChI=1S/C12H21NO2/c14-12(15)9-13(8-11-5-6-11)7-10-3-1-2-4-10/h10-11H,1-9H2,(H,14,15). The molecule has 0 aliphatic heterocycles. The van der Waals surface area contributed by atoms with Crippen LogP contribution in [-0.2, 0) is 4.79 Å². The van der Waals surface area contributed by atoms with Crippen LogP contribution in [0.25, 0.3) is 0 Å². The van der Waals surface area contributed by atoms with E-state index < -0.39 is 5.97 Å². The molecule has 0 radical (unpaired) electrons. The van der Waals surface area contributed by atoms with Crippen LogP contribution < -0.4 is 0 Å². The summed E-state index contributed by atoms with van der Waals surface area (Å²) in [6.07, 6.45) is 7.91. The maximum atomic E-state index is 10.7. The zero-order valence-electron chi connectivity index (χ0n) is 9.32. The van der Waals surface area contributed by atoms with Crippen molar-refractivity contribution >= 4 is 5.97 Å². The van der Waals surface area contributed by atoms with Gasteiger partial charge in [0.25, 0.3) is 0 Å². The Bertz CT molecular complexity index is 220. The van der Waals surface area contributed by atoms with Gasteiger partial charge in [-0.25, -0.2) is 0 Å². The van der Waals surface area contributed by atoms with Gasteiger partial charge in [0.1, 0.15) is 0 Å². The monoisotopic (exact) mass is 211 g/mol. The number of hydrogen-bond acceptors (Lipinski definition) is 2. The second kappa shape index (κ2) is 4.97. The van der Waals surface area contributed by atoms with Crippen molar-refractivity contribution in [2.24, 2.45) is 11.8 Å². The van der Waals surface area contributed by atoms with E-state index in [0.29, 0.717) is 0 Å². The highest BCUT2D eigenvalue weighted by Crippen LogP contribution is 2.31. The van der Waals surface area contributed by atoms with Crippen LogP contribution in [0, 0.1) is 11.8 Å². The van der Waals surface area contributed by atoms with Crippen molar-refractivity contribution in [2.45, 2.75) is 38.5 Å². The molecule has 1 N–H and O–H groups in total. The molecular weight excluding hydrogens is 190 g/mol. The summed E-state index contributed by atoms with van der Waals surface area (Å²) in [5, 5.41) is 8.85. The van der Waals surface area contributed by atoms with E-state index in [1.807, 2.05) is 0 Å². The summed E-state index contributed by atoms with van der Waals surface area (Å²) in [4.78, 5) is 12.9. The zero-order valence-corrected chi connectivity index (χ0v) is 9.32. The zero-order chi connectivity index (χ0) is 10.7. The molecule has 2 aliphatic rings. The number of rotatable bonds is 6. The van der Waals surface area contributed by atoms with Gasteiger partial charge in [0.15, 0.2) is 0 Å². The molecule has 0 spiro atoms. The van der Waals surface area contributed by atoms with Gasteiger partial charge < -0.3 is 5.11 Å². The molecular formula is C12H21NO2. The Morgan fingerprint density at radius 2 is 1.60 bits per heavy atom. The van der Waals surface area contributed by atoms with Crippen LogP contribution in [-0.4, -0.2) is 35.6 Å². The molecule has 0 aromatic heterocycles. The van der Waals surface area contributed by atoms with E-state index >= 15 is 0 Å². The Kier molecular flexibility index (Phi) is 3.62. The minimum absolute atomic E-state index is 0.243. The van der Waals surface area contributed by atoms with Gasteiger partial charge in [0.05, 0.1) is 6.54 Å². The number of carboxylic acid groups (broad SMARTS) is 1. The molecule has 0 aromatic carbocycles. The van der Waals surface area contributed by atoms with Crippen molar-refractivity contribution in [1.82, 2.24) is 4.90 Å². The van der Waals surface area contributed by atoms with Gasteiger partial charge in [-0.15, -0.1) is 0 Å². The Labute approximate surface area is 91.5 Å². The average Bonchev–Trinajstić information content (AvgIpc) is 2.80. The highest BCUT2D eigenvalue weighted by atomic mass is 16.4. The number of hydrogen-bond donors (Lipinski definition) is 1. The van der Waals surface area contributed by atoms with Crippen molar-refractivity contribution < 1.29 is 9.90 Å². The molecule has 15 heavy (non-hydrogen) atoms. The highest BCUT2D eigenvalue weighted by molar-refractivity contribution is 5.69. The molecule has 0 unspecified atom stereocenters. The average molecular weight is 211 g/mol. The van der Waals surface area contributed by atoms with Crippen molar-refractivity contribution in [1.29, 1.82) is 0 Å². The van der Waals surface area contributed by atoms with E-state index in [0.717, 1.165) is 24.9 Å². The molecule has 0 atom stereocenters. The van der Waals surface area contributed by atoms with Crippen LogP contribution in [0.4, 0.5) is 0 Å². The normalized spacial score (nSPS) is 22.5. The predicted octanol–water partition coefficient (Wildman–Crippen LogP) is 1.97. The van der Waals surface area contributed by atoms with Gasteiger partial charge in [-0.3, -0.25) is 9.69 Å². The topological polar surface area (TPSA) is 40.5 Å². The van der Waals surface area contributed by atoms with Crippen molar-refractivity contribution in [3.05, 3.63) is 0 Å². The Morgan fingerprint density at radius 1 is 1.07 bits per heavy atom. The lowest BCUT2D eigenvalue weighted by Crippen LogP contribution is -2.35. The van der Waals surface area contributed by atoms with E-state index in [9.17, 15) is 4.79 Å². The van der Waals surface area contributed by atoms with Crippen LogP contribution >= 0.6 is 0 Å². The van der Waals surface area contributed by atoms with Gasteiger partial charge in [-0.2, -0.15) is 0 Å². The lowest BCUT2D eigenvalue weighted by Gasteiger charge is -2.23. The third kappa shape index (κ3) is 3.82. The van der Waals surface area contributed by atoms with Crippen molar-refractivity contribution in [3.63, 3.8) is 0 Å². The molecule has 0 aromatic rings. The lowest BCUT2D eigenvalue weighted by atomic mass is 10.1. The molecule has 0 amide bonds. The number of carboxylic acids is 1. The summed E-state index contributed by atoms with van der Waals surface area (Å²) in [6.45, 7) is 2.28. The Morgan fingerprint density at radius 3 is 2.07 bits per heavy atom. The SMILES string of the molecule is O=C(O)CN(CC1CCCC1)CC1CC1. The van der Waals surface area contributed by atoms with Gasteiger partial charge in [0.2, 0.25) is 0 Å². The van der Waals surface area contributed by atoms with E-state index in [2.05, 4.69) is 4.90 Å². The molecule has 2 aliphatic carbocycles. The van der Waals surface area contributed by atoms with E-state index in [4.69, 9.17) is 5.11 Å². The minimum Gasteiger partial charge on any atom is -0.480 e. The van der Waals surface area contributed by atoms with E-state index in [1.165, 1.54) is 38.5 Å². The first-order valence-electron chi connectivity index (χ1n) is 6.18. The molecule has 3 nitrogen and oxygen atoms in total. The Balaban J connectivity index is 1.76. The van der Waals surface area contributed by atoms with Crippen LogP contribution in [0.2, 0.25) is 0 Å². The Hall–Kier alpha value is -0.570. The third-order valence-electron chi connectivity index (χ3n) is 3.56. The molecule has 2 saturated carbocycles. The number of aliphatic carboxylic acids is 1. The second-order valence-corrected chi connectivity index (χ2v) is 5.18. The van der Waals surface area contributed by atoms with Gasteiger partial charge in [-0.1, -0.05) is 12.8 Å². The molecule has 0 bridgehead atoms. The quantitative estimate of drug-likeness (QED) is 0.730. The second-order valence-electron chi connectivity index (χ2n) is 5.18. The van der Waals surface area contributed by atoms with Gasteiger partial charge in [0, 0.05) is 13.1 Å². The van der Waals surface area contributed by atoms with Crippen LogP contribution in [0.3, 0.4) is 0 Å². The van der Waals surface area contributed by atoms with Gasteiger partial charge in [-0.05, 0) is 37.5 Å². The summed E-state index contributed by atoms with van der Waals surface area (Å²) in [6, 6.07) is 0. The fourth-order valence-electron chi connectivity index (χ4n) is 2.62. The summed E-state index contributed by atoms with van der Waals surface area (Å²) < 4.78 is 0. The predicted molar refractivity (Wildman–Crippen MR) is 58.8 cm³/mol. The largest absolute Gasteiger partial charge is 0.480 e. The molecule has 86 valence electrons. The maximum absolute atomic E-state index is 10.7. The fraction of sp³-hybridized carbons (Fsp3) is 0.917. The summed E-state index contributed by atoms with van der Waals surface area (Å²) in [7, 11) is 0. The highest BCUT2D eigenvalue weighted by Gasteiger charge is 2.27.